The Kier molecular flexibility index (Phi) is 22.0. The van der Waals surface area contributed by atoms with E-state index < -0.39 is 0 Å². The van der Waals surface area contributed by atoms with Gasteiger partial charge in [-0.25, -0.2) is 0 Å². The van der Waals surface area contributed by atoms with Gasteiger partial charge in [-0.1, -0.05) is 0 Å². The first-order valence-electron chi connectivity index (χ1n) is 3.18. The molecule has 1 nitrogen and oxygen atoms in total. The van der Waals surface area contributed by atoms with Gasteiger partial charge in [-0.3, -0.25) is 0 Å². The molecule has 0 atom stereocenters. The maximum Gasteiger partial charge on any atom is 0.0543 e. The molecule has 0 aromatic carbocycles. The van der Waals surface area contributed by atoms with Gasteiger partial charge in [-0.15, -0.1) is 0 Å². The molecule has 9 heavy (non-hydrogen) atoms. The molecule has 0 unspecified atom stereocenters. The minimum absolute atomic E-state index is 0. The SMILES string of the molecule is CC[PH+](CC)CC.[Mg].[OH-]. The van der Waals surface area contributed by atoms with Crippen LogP contribution in [-0.4, -0.2) is 47.0 Å². The third kappa shape index (κ3) is 9.16. The van der Waals surface area contributed by atoms with Gasteiger partial charge in [-0.05, 0) is 28.7 Å². The highest BCUT2D eigenvalue weighted by atomic mass is 31.1. The van der Waals surface area contributed by atoms with Gasteiger partial charge in [0.05, 0.1) is 18.5 Å². The summed E-state index contributed by atoms with van der Waals surface area (Å²) >= 11 is 0. The van der Waals surface area contributed by atoms with E-state index in [4.69, 9.17) is 0 Å². The fraction of sp³-hybridized carbons (Fsp3) is 1.00. The molecule has 0 amide bonds. The second kappa shape index (κ2) is 11.9. The Bertz CT molecular complexity index is 34.5. The molecule has 0 heterocycles. The Hall–Kier alpha value is 1.16. The van der Waals surface area contributed by atoms with Crippen LogP contribution in [0.4, 0.5) is 0 Å². The van der Waals surface area contributed by atoms with Crippen LogP contribution in [0, 0.1) is 0 Å². The average Bonchev–Trinajstić information content (AvgIpc) is 1.72. The van der Waals surface area contributed by atoms with Crippen molar-refractivity contribution in [2.45, 2.75) is 20.8 Å². The molecule has 0 saturated heterocycles. The first kappa shape index (κ1) is 16.6. The van der Waals surface area contributed by atoms with Gasteiger partial charge >= 0.3 is 0 Å². The van der Waals surface area contributed by atoms with Crippen molar-refractivity contribution in [3.63, 3.8) is 0 Å². The maximum atomic E-state index is 2.31. The van der Waals surface area contributed by atoms with Crippen LogP contribution in [0.5, 0.6) is 0 Å². The van der Waals surface area contributed by atoms with Gasteiger partial charge in [-0.2, -0.15) is 0 Å². The van der Waals surface area contributed by atoms with E-state index in [1.807, 2.05) is 0 Å². The third-order valence-corrected chi connectivity index (χ3v) is 4.50. The van der Waals surface area contributed by atoms with Gasteiger partial charge in [0, 0.05) is 23.1 Å². The Morgan fingerprint density at radius 1 is 0.889 bits per heavy atom. The summed E-state index contributed by atoms with van der Waals surface area (Å²) in [6.45, 7) is 6.92. The Morgan fingerprint density at radius 3 is 1.11 bits per heavy atom. The summed E-state index contributed by atoms with van der Waals surface area (Å²) in [4.78, 5) is 0. The van der Waals surface area contributed by atoms with Crippen molar-refractivity contribution >= 4 is 31.0 Å². The van der Waals surface area contributed by atoms with Crippen LogP contribution in [0.2, 0.25) is 0 Å². The molecule has 54 valence electrons. The third-order valence-electron chi connectivity index (χ3n) is 1.50. The highest BCUT2D eigenvalue weighted by Crippen LogP contribution is 2.32. The van der Waals surface area contributed by atoms with Gasteiger partial charge in [0.25, 0.3) is 0 Å². The molecular weight excluding hydrogens is 143 g/mol. The molecule has 0 aliphatic carbocycles. The zero-order valence-electron chi connectivity index (χ0n) is 6.78. The van der Waals surface area contributed by atoms with Crippen LogP contribution in [0.1, 0.15) is 20.8 Å². The van der Waals surface area contributed by atoms with Gasteiger partial charge in [0.2, 0.25) is 0 Å². The largest absolute Gasteiger partial charge is 0.870 e. The van der Waals surface area contributed by atoms with Crippen LogP contribution in [0.25, 0.3) is 0 Å². The zero-order valence-corrected chi connectivity index (χ0v) is 9.19. The van der Waals surface area contributed by atoms with E-state index in [0.29, 0.717) is 0 Å². The van der Waals surface area contributed by atoms with Crippen LogP contribution in [-0.2, 0) is 0 Å². The second-order valence-electron chi connectivity index (χ2n) is 1.81. The molecule has 0 aromatic heterocycles. The Labute approximate surface area is 75.8 Å². The minimum Gasteiger partial charge on any atom is -0.870 e. The lowest BCUT2D eigenvalue weighted by atomic mass is 10.9. The molecule has 0 fully saturated rings. The quantitative estimate of drug-likeness (QED) is 0.457. The summed E-state index contributed by atoms with van der Waals surface area (Å²) in [7, 11) is 0.137. The van der Waals surface area contributed by atoms with Crippen molar-refractivity contribution < 1.29 is 5.48 Å². The van der Waals surface area contributed by atoms with E-state index in [9.17, 15) is 0 Å². The van der Waals surface area contributed by atoms with Crippen molar-refractivity contribution in [2.75, 3.05) is 18.5 Å². The Morgan fingerprint density at radius 2 is 1.11 bits per heavy atom. The molecule has 0 rings (SSSR count). The van der Waals surface area contributed by atoms with Crippen molar-refractivity contribution in [1.82, 2.24) is 0 Å². The first-order chi connectivity index (χ1) is 3.35. The zero-order chi connectivity index (χ0) is 5.70. The van der Waals surface area contributed by atoms with E-state index in [-0.39, 0.29) is 36.5 Å². The average molecular weight is 160 g/mol. The molecule has 2 radical (unpaired) electrons. The van der Waals surface area contributed by atoms with E-state index in [1.54, 1.807) is 0 Å². The number of hydrogen-bond donors (Lipinski definition) is 0. The van der Waals surface area contributed by atoms with E-state index in [1.165, 1.54) is 18.5 Å². The van der Waals surface area contributed by atoms with Crippen molar-refractivity contribution in [3.05, 3.63) is 0 Å². The molecule has 3 heteroatoms. The van der Waals surface area contributed by atoms with E-state index >= 15 is 0 Å². The smallest absolute Gasteiger partial charge is 0.0543 e. The predicted octanol–water partition coefficient (Wildman–Crippen LogP) is 1.70. The summed E-state index contributed by atoms with van der Waals surface area (Å²) in [5, 5.41) is 0. The Balaban J connectivity index is -0.000000180. The summed E-state index contributed by atoms with van der Waals surface area (Å²) in [5.41, 5.74) is 0. The molecule has 0 saturated carbocycles. The highest BCUT2D eigenvalue weighted by molar-refractivity contribution is 7.57. The fourth-order valence-corrected chi connectivity index (χ4v) is 2.25. The number of rotatable bonds is 3. The summed E-state index contributed by atoms with van der Waals surface area (Å²) < 4.78 is 0. The van der Waals surface area contributed by atoms with Crippen LogP contribution >= 0.6 is 7.92 Å². The lowest BCUT2D eigenvalue weighted by Crippen LogP contribution is -1.83. The normalized spacial score (nSPS) is 8.00. The molecule has 0 aliphatic rings. The summed E-state index contributed by atoms with van der Waals surface area (Å²) in [6.07, 6.45) is 4.37. The lowest BCUT2D eigenvalue weighted by molar-refractivity contribution is 0.824. The van der Waals surface area contributed by atoms with Crippen LogP contribution in [0.15, 0.2) is 0 Å². The van der Waals surface area contributed by atoms with Crippen molar-refractivity contribution in [1.29, 1.82) is 0 Å². The summed E-state index contributed by atoms with van der Waals surface area (Å²) in [6, 6.07) is 0. The molecule has 0 bridgehead atoms. The molecule has 1 N–H and O–H groups in total. The topological polar surface area (TPSA) is 30.0 Å². The molecule has 0 aromatic rings. The van der Waals surface area contributed by atoms with Gasteiger partial charge < -0.3 is 5.48 Å². The molecule has 0 aliphatic heterocycles. The lowest BCUT2D eigenvalue weighted by Gasteiger charge is -1.98. The monoisotopic (exact) mass is 160 g/mol. The predicted molar refractivity (Wildman–Crippen MR) is 47.6 cm³/mol. The van der Waals surface area contributed by atoms with Crippen molar-refractivity contribution in [2.24, 2.45) is 0 Å². The van der Waals surface area contributed by atoms with Crippen molar-refractivity contribution in [3.8, 4) is 0 Å². The number of hydrogen-bond acceptors (Lipinski definition) is 1. The van der Waals surface area contributed by atoms with Gasteiger partial charge in [0.15, 0.2) is 0 Å². The second-order valence-corrected chi connectivity index (χ2v) is 5.43. The summed E-state index contributed by atoms with van der Waals surface area (Å²) in [5.74, 6) is 0. The molecular formula is C6H17MgOP. The first-order valence-corrected chi connectivity index (χ1v) is 5.30. The standard InChI is InChI=1S/C6H15P.Mg.H2O/c1-4-7(5-2)6-3;;/h4-6H2,1-3H3;;1H2. The minimum atomic E-state index is 0. The molecule has 0 spiro atoms. The van der Waals surface area contributed by atoms with E-state index in [2.05, 4.69) is 20.8 Å². The van der Waals surface area contributed by atoms with E-state index in [0.717, 1.165) is 0 Å². The fourth-order valence-electron chi connectivity index (χ4n) is 0.750. The van der Waals surface area contributed by atoms with Crippen LogP contribution in [0.3, 0.4) is 0 Å². The maximum absolute atomic E-state index is 2.31. The highest BCUT2D eigenvalue weighted by Gasteiger charge is 2.03. The van der Waals surface area contributed by atoms with Gasteiger partial charge in [0.1, 0.15) is 0 Å². The van der Waals surface area contributed by atoms with Crippen LogP contribution < -0.4 is 0 Å².